The summed E-state index contributed by atoms with van der Waals surface area (Å²) >= 11 is 0. The molecule has 26 heavy (non-hydrogen) atoms. The van der Waals surface area contributed by atoms with Gasteiger partial charge in [-0.15, -0.1) is 0 Å². The number of nitrogens with one attached hydrogen (secondary N) is 1. The highest BCUT2D eigenvalue weighted by Gasteiger charge is 2.38. The fourth-order valence-electron chi connectivity index (χ4n) is 2.40. The normalized spacial score (nSPS) is 13.7. The summed E-state index contributed by atoms with van der Waals surface area (Å²) in [6, 6.07) is 8.60. The van der Waals surface area contributed by atoms with Crippen molar-refractivity contribution in [2.45, 2.75) is 31.7 Å². The molecule has 1 unspecified atom stereocenters. The Hall–Kier alpha value is -3.23. The van der Waals surface area contributed by atoms with E-state index in [4.69, 9.17) is 0 Å². The second kappa shape index (κ2) is 6.95. The van der Waals surface area contributed by atoms with E-state index >= 15 is 0 Å². The predicted octanol–water partition coefficient (Wildman–Crippen LogP) is 1.69. The third-order valence-corrected chi connectivity index (χ3v) is 4.39. The van der Waals surface area contributed by atoms with Gasteiger partial charge in [0.2, 0.25) is 5.91 Å². The molecule has 1 aromatic carbocycles. The lowest BCUT2D eigenvalue weighted by Gasteiger charge is -2.29. The quantitative estimate of drug-likeness (QED) is 0.571. The lowest BCUT2D eigenvalue weighted by atomic mass is 9.82. The van der Waals surface area contributed by atoms with Crippen LogP contribution in [0, 0.1) is 10.1 Å². The van der Waals surface area contributed by atoms with E-state index in [0.29, 0.717) is 5.56 Å². The summed E-state index contributed by atoms with van der Waals surface area (Å²) in [5, 5.41) is 26.9. The molecule has 0 fully saturated rings. The minimum absolute atomic E-state index is 0.141. The average Bonchev–Trinajstić information content (AvgIpc) is 3.11. The van der Waals surface area contributed by atoms with Crippen LogP contribution in [0.15, 0.2) is 42.7 Å². The number of carboxylic acid groups (broad SMARTS) is 1. The van der Waals surface area contributed by atoms with Crippen molar-refractivity contribution < 1.29 is 19.6 Å². The maximum absolute atomic E-state index is 12.6. The number of rotatable bonds is 7. The highest BCUT2D eigenvalue weighted by molar-refractivity contribution is 5.86. The van der Waals surface area contributed by atoms with E-state index < -0.39 is 27.8 Å². The summed E-state index contributed by atoms with van der Waals surface area (Å²) < 4.78 is 1.18. The summed E-state index contributed by atoms with van der Waals surface area (Å²) in [5.74, 6) is -1.57. The van der Waals surface area contributed by atoms with Crippen molar-refractivity contribution in [2.24, 2.45) is 0 Å². The first-order chi connectivity index (χ1) is 12.1. The van der Waals surface area contributed by atoms with Crippen LogP contribution >= 0.6 is 0 Å². The van der Waals surface area contributed by atoms with Crippen LogP contribution in [0.2, 0.25) is 0 Å². The molecule has 138 valence electrons. The number of hydrogen-bond donors (Lipinski definition) is 2. The zero-order valence-corrected chi connectivity index (χ0v) is 14.7. The predicted molar refractivity (Wildman–Crippen MR) is 92.6 cm³/mol. The maximum Gasteiger partial charge on any atom is 0.315 e. The third-order valence-electron chi connectivity index (χ3n) is 4.39. The smallest absolute Gasteiger partial charge is 0.315 e. The van der Waals surface area contributed by atoms with Gasteiger partial charge in [-0.2, -0.15) is 5.10 Å². The Morgan fingerprint density at radius 1 is 1.27 bits per heavy atom. The van der Waals surface area contributed by atoms with Crippen LogP contribution in [0.4, 0.5) is 5.69 Å². The molecule has 1 heterocycles. The van der Waals surface area contributed by atoms with E-state index in [1.807, 2.05) is 0 Å². The van der Waals surface area contributed by atoms with E-state index in [9.17, 15) is 24.8 Å². The standard InChI is InChI=1S/C17H20N4O5/c1-16(2,20-10-13(9-19-20)21(25)26)14(22)18-11-17(3,15(23)24)12-7-5-4-6-8-12/h4-10H,11H2,1-3H3,(H,18,22)(H,23,24). The lowest BCUT2D eigenvalue weighted by Crippen LogP contribution is -2.50. The number of amides is 1. The van der Waals surface area contributed by atoms with Crippen molar-refractivity contribution in [1.29, 1.82) is 0 Å². The average molecular weight is 360 g/mol. The Kier molecular flexibility index (Phi) is 5.10. The first-order valence-electron chi connectivity index (χ1n) is 7.86. The molecule has 9 nitrogen and oxygen atoms in total. The number of nitro groups is 1. The fraction of sp³-hybridized carbons (Fsp3) is 0.353. The molecule has 0 aliphatic carbocycles. The molecule has 1 aromatic heterocycles. The van der Waals surface area contributed by atoms with E-state index in [-0.39, 0.29) is 12.2 Å². The van der Waals surface area contributed by atoms with E-state index in [1.54, 1.807) is 44.2 Å². The van der Waals surface area contributed by atoms with Crippen molar-refractivity contribution in [3.63, 3.8) is 0 Å². The Labute approximate surface area is 149 Å². The van der Waals surface area contributed by atoms with Gasteiger partial charge >= 0.3 is 11.7 Å². The number of aromatic nitrogens is 2. The Balaban J connectivity index is 2.19. The summed E-state index contributed by atoms with van der Waals surface area (Å²) in [7, 11) is 0. The molecule has 2 aromatic rings. The molecular weight excluding hydrogens is 340 g/mol. The molecule has 0 radical (unpaired) electrons. The van der Waals surface area contributed by atoms with E-state index in [0.717, 1.165) is 12.4 Å². The Morgan fingerprint density at radius 3 is 2.38 bits per heavy atom. The van der Waals surface area contributed by atoms with Gasteiger partial charge in [0, 0.05) is 6.54 Å². The second-order valence-electron chi connectivity index (χ2n) is 6.65. The van der Waals surface area contributed by atoms with Gasteiger partial charge in [0.25, 0.3) is 0 Å². The molecule has 0 saturated carbocycles. The molecule has 1 amide bonds. The highest BCUT2D eigenvalue weighted by Crippen LogP contribution is 2.24. The van der Waals surface area contributed by atoms with Crippen molar-refractivity contribution in [2.75, 3.05) is 6.54 Å². The van der Waals surface area contributed by atoms with Crippen molar-refractivity contribution >= 4 is 17.6 Å². The number of carbonyl (C=O) groups excluding carboxylic acids is 1. The van der Waals surface area contributed by atoms with Crippen LogP contribution in [0.5, 0.6) is 0 Å². The number of carboxylic acids is 1. The minimum Gasteiger partial charge on any atom is -0.481 e. The summed E-state index contributed by atoms with van der Waals surface area (Å²) in [6.07, 6.45) is 2.22. The lowest BCUT2D eigenvalue weighted by molar-refractivity contribution is -0.385. The molecule has 0 spiro atoms. The number of benzene rings is 1. The summed E-state index contributed by atoms with van der Waals surface area (Å²) in [4.78, 5) is 34.6. The zero-order valence-electron chi connectivity index (χ0n) is 14.7. The Morgan fingerprint density at radius 2 is 1.88 bits per heavy atom. The number of aliphatic carboxylic acids is 1. The largest absolute Gasteiger partial charge is 0.481 e. The topological polar surface area (TPSA) is 127 Å². The van der Waals surface area contributed by atoms with Crippen LogP contribution in [0.1, 0.15) is 26.3 Å². The van der Waals surface area contributed by atoms with Crippen molar-refractivity contribution in [1.82, 2.24) is 15.1 Å². The third kappa shape index (κ3) is 3.56. The van der Waals surface area contributed by atoms with Crippen molar-refractivity contribution in [3.05, 3.63) is 58.4 Å². The molecule has 2 N–H and O–H groups in total. The van der Waals surface area contributed by atoms with Gasteiger partial charge in [-0.25, -0.2) is 0 Å². The van der Waals surface area contributed by atoms with Gasteiger partial charge in [-0.05, 0) is 26.3 Å². The van der Waals surface area contributed by atoms with Gasteiger partial charge in [0.15, 0.2) is 0 Å². The highest BCUT2D eigenvalue weighted by atomic mass is 16.6. The first kappa shape index (κ1) is 19.1. The van der Waals surface area contributed by atoms with E-state index in [2.05, 4.69) is 10.4 Å². The van der Waals surface area contributed by atoms with E-state index in [1.165, 1.54) is 11.6 Å². The SMILES string of the molecule is CC(CNC(=O)C(C)(C)n1cc([N+](=O)[O-])cn1)(C(=O)O)c1ccccc1. The van der Waals surface area contributed by atoms with Crippen LogP contribution < -0.4 is 5.32 Å². The first-order valence-corrected chi connectivity index (χ1v) is 7.86. The van der Waals surface area contributed by atoms with Crippen LogP contribution in [-0.2, 0) is 20.5 Å². The number of carbonyl (C=O) groups is 2. The number of hydrogen-bond acceptors (Lipinski definition) is 5. The number of nitrogens with zero attached hydrogens (tertiary/aromatic N) is 3. The minimum atomic E-state index is -1.32. The zero-order chi connectivity index (χ0) is 19.5. The molecule has 9 heteroatoms. The molecule has 0 aliphatic heterocycles. The van der Waals surface area contributed by atoms with Gasteiger partial charge in [-0.1, -0.05) is 30.3 Å². The summed E-state index contributed by atoms with van der Waals surface area (Å²) in [6.45, 7) is 4.47. The second-order valence-corrected chi connectivity index (χ2v) is 6.65. The summed E-state index contributed by atoms with van der Waals surface area (Å²) in [5.41, 5.74) is -2.22. The molecule has 1 atom stereocenters. The molecule has 0 aliphatic rings. The van der Waals surface area contributed by atoms with Crippen LogP contribution in [0.3, 0.4) is 0 Å². The molecule has 0 bridgehead atoms. The van der Waals surface area contributed by atoms with Gasteiger partial charge < -0.3 is 10.4 Å². The molecule has 2 rings (SSSR count). The van der Waals surface area contributed by atoms with Crippen LogP contribution in [-0.4, -0.2) is 38.2 Å². The van der Waals surface area contributed by atoms with Gasteiger partial charge in [0.1, 0.15) is 23.3 Å². The van der Waals surface area contributed by atoms with Crippen molar-refractivity contribution in [3.8, 4) is 0 Å². The maximum atomic E-state index is 12.6. The van der Waals surface area contributed by atoms with Crippen LogP contribution in [0.25, 0.3) is 0 Å². The Bertz CT molecular complexity index is 831. The fourth-order valence-corrected chi connectivity index (χ4v) is 2.40. The molecular formula is C17H20N4O5. The van der Waals surface area contributed by atoms with Gasteiger partial charge in [-0.3, -0.25) is 24.4 Å². The monoisotopic (exact) mass is 360 g/mol. The van der Waals surface area contributed by atoms with Gasteiger partial charge in [0.05, 0.1) is 4.92 Å². The molecule has 0 saturated heterocycles.